The molecule has 0 aromatic carbocycles. The average molecular weight is 170 g/mol. The van der Waals surface area contributed by atoms with Gasteiger partial charge in [0, 0.05) is 12.3 Å². The van der Waals surface area contributed by atoms with Crippen LogP contribution in [0, 0.1) is 0 Å². The van der Waals surface area contributed by atoms with E-state index < -0.39 is 5.91 Å². The second-order valence-electron chi connectivity index (χ2n) is 1.96. The summed E-state index contributed by atoms with van der Waals surface area (Å²) in [6, 6.07) is 0. The number of hydrogen-bond acceptors (Lipinski definition) is 4. The number of hydrogen-bond donors (Lipinski definition) is 1. The number of Topliss-reactive ketones (excluding diaryl/α,β-unsaturated/α-hetero) is 1. The number of rotatable bonds is 2. The molecular weight excluding hydrogens is 164 g/mol. The van der Waals surface area contributed by atoms with Crippen molar-refractivity contribution in [2.24, 2.45) is 5.73 Å². The van der Waals surface area contributed by atoms with Gasteiger partial charge in [-0.2, -0.15) is 0 Å². The lowest BCUT2D eigenvalue weighted by Gasteiger charge is -1.83. The van der Waals surface area contributed by atoms with Crippen LogP contribution in [0.2, 0.25) is 0 Å². The molecule has 0 saturated carbocycles. The van der Waals surface area contributed by atoms with Crippen molar-refractivity contribution in [3.8, 4) is 0 Å². The van der Waals surface area contributed by atoms with E-state index in [4.69, 9.17) is 5.73 Å². The van der Waals surface area contributed by atoms with Gasteiger partial charge in [0.05, 0.1) is 0 Å². The Kier molecular flexibility index (Phi) is 2.00. The maximum Gasteiger partial charge on any atom is 0.268 e. The van der Waals surface area contributed by atoms with Crippen molar-refractivity contribution in [1.82, 2.24) is 4.98 Å². The van der Waals surface area contributed by atoms with Crippen molar-refractivity contribution in [3.05, 3.63) is 16.1 Å². The SMILES string of the molecule is CC(=O)c1nc(C(N)=O)cs1. The molecule has 4 nitrogen and oxygen atoms in total. The number of carbonyl (C=O) groups is 2. The van der Waals surface area contributed by atoms with Crippen molar-refractivity contribution in [3.63, 3.8) is 0 Å². The van der Waals surface area contributed by atoms with Crippen LogP contribution < -0.4 is 5.73 Å². The summed E-state index contributed by atoms with van der Waals surface area (Å²) >= 11 is 1.12. The van der Waals surface area contributed by atoms with Gasteiger partial charge in [0.25, 0.3) is 5.91 Å². The molecule has 1 aromatic heterocycles. The summed E-state index contributed by atoms with van der Waals surface area (Å²) in [5.41, 5.74) is 5.07. The standard InChI is InChI=1S/C6H6N2O2S/c1-3(9)6-8-4(2-11-6)5(7)10/h2H,1H3,(H2,7,10). The molecule has 0 bridgehead atoms. The van der Waals surface area contributed by atoms with E-state index in [0.717, 1.165) is 11.3 Å². The van der Waals surface area contributed by atoms with E-state index in [1.54, 1.807) is 0 Å². The molecule has 5 heteroatoms. The first-order valence-corrected chi connectivity index (χ1v) is 3.75. The Morgan fingerprint density at radius 2 is 2.27 bits per heavy atom. The predicted octanol–water partition coefficient (Wildman–Crippen LogP) is 0.445. The van der Waals surface area contributed by atoms with Gasteiger partial charge >= 0.3 is 0 Å². The molecule has 1 amide bonds. The second-order valence-corrected chi connectivity index (χ2v) is 2.82. The molecule has 11 heavy (non-hydrogen) atoms. The Bertz CT molecular complexity index is 277. The van der Waals surface area contributed by atoms with Crippen molar-refractivity contribution in [2.75, 3.05) is 0 Å². The number of aromatic nitrogens is 1. The van der Waals surface area contributed by atoms with E-state index in [-0.39, 0.29) is 11.5 Å². The molecule has 0 aliphatic rings. The van der Waals surface area contributed by atoms with Gasteiger partial charge in [-0.05, 0) is 0 Å². The Labute approximate surface area is 67.0 Å². The Hall–Kier alpha value is -1.23. The maximum atomic E-state index is 10.7. The van der Waals surface area contributed by atoms with Crippen LogP contribution in [0.4, 0.5) is 0 Å². The predicted molar refractivity (Wildman–Crippen MR) is 40.6 cm³/mol. The Morgan fingerprint density at radius 1 is 1.64 bits per heavy atom. The van der Waals surface area contributed by atoms with E-state index in [1.807, 2.05) is 0 Å². The molecule has 58 valence electrons. The number of amides is 1. The van der Waals surface area contributed by atoms with E-state index >= 15 is 0 Å². The largest absolute Gasteiger partial charge is 0.364 e. The van der Waals surface area contributed by atoms with Crippen LogP contribution in [0.5, 0.6) is 0 Å². The van der Waals surface area contributed by atoms with Crippen LogP contribution >= 0.6 is 11.3 Å². The topological polar surface area (TPSA) is 73.1 Å². The minimum Gasteiger partial charge on any atom is -0.364 e. The molecule has 2 N–H and O–H groups in total. The molecule has 0 aliphatic carbocycles. The number of carbonyl (C=O) groups excluding carboxylic acids is 2. The van der Waals surface area contributed by atoms with Crippen LogP contribution in [0.15, 0.2) is 5.38 Å². The van der Waals surface area contributed by atoms with Gasteiger partial charge < -0.3 is 5.73 Å². The molecule has 1 aromatic rings. The first kappa shape index (κ1) is 7.87. The molecular formula is C6H6N2O2S. The lowest BCUT2D eigenvalue weighted by Crippen LogP contribution is -2.11. The number of nitrogens with zero attached hydrogens (tertiary/aromatic N) is 1. The Morgan fingerprint density at radius 3 is 2.55 bits per heavy atom. The molecule has 0 unspecified atom stereocenters. The van der Waals surface area contributed by atoms with E-state index in [9.17, 15) is 9.59 Å². The van der Waals surface area contributed by atoms with Crippen LogP contribution in [0.1, 0.15) is 27.2 Å². The quantitative estimate of drug-likeness (QED) is 0.654. The van der Waals surface area contributed by atoms with Crippen molar-refractivity contribution < 1.29 is 9.59 Å². The molecule has 0 spiro atoms. The fraction of sp³-hybridized carbons (Fsp3) is 0.167. The summed E-state index contributed by atoms with van der Waals surface area (Å²) in [6.45, 7) is 1.39. The summed E-state index contributed by atoms with van der Waals surface area (Å²) in [5.74, 6) is -0.753. The molecule has 0 radical (unpaired) electrons. The second kappa shape index (κ2) is 2.79. The van der Waals surface area contributed by atoms with Crippen LogP contribution in [-0.4, -0.2) is 16.7 Å². The number of ketones is 1. The highest BCUT2D eigenvalue weighted by Gasteiger charge is 2.08. The summed E-state index contributed by atoms with van der Waals surface area (Å²) < 4.78 is 0. The van der Waals surface area contributed by atoms with Crippen molar-refractivity contribution in [2.45, 2.75) is 6.92 Å². The van der Waals surface area contributed by atoms with Gasteiger partial charge in [-0.25, -0.2) is 4.98 Å². The van der Waals surface area contributed by atoms with Gasteiger partial charge in [0.2, 0.25) is 0 Å². The molecule has 0 fully saturated rings. The number of primary amides is 1. The minimum atomic E-state index is -0.603. The van der Waals surface area contributed by atoms with E-state index in [2.05, 4.69) is 4.98 Å². The third-order valence-corrected chi connectivity index (χ3v) is 2.00. The zero-order valence-corrected chi connectivity index (χ0v) is 6.64. The zero-order chi connectivity index (χ0) is 8.43. The smallest absolute Gasteiger partial charge is 0.268 e. The van der Waals surface area contributed by atoms with Gasteiger partial charge in [0.1, 0.15) is 5.69 Å². The highest BCUT2D eigenvalue weighted by molar-refractivity contribution is 7.11. The number of thiazole rings is 1. The van der Waals surface area contributed by atoms with E-state index in [1.165, 1.54) is 12.3 Å². The summed E-state index contributed by atoms with van der Waals surface area (Å²) in [5, 5.41) is 1.79. The highest BCUT2D eigenvalue weighted by Crippen LogP contribution is 2.09. The van der Waals surface area contributed by atoms with Crippen LogP contribution in [-0.2, 0) is 0 Å². The number of nitrogens with two attached hydrogens (primary N) is 1. The van der Waals surface area contributed by atoms with Gasteiger partial charge in [-0.3, -0.25) is 9.59 Å². The normalized spacial score (nSPS) is 9.55. The third-order valence-electron chi connectivity index (χ3n) is 1.06. The van der Waals surface area contributed by atoms with Crippen LogP contribution in [0.3, 0.4) is 0 Å². The molecule has 1 heterocycles. The summed E-state index contributed by atoms with van der Waals surface area (Å²) in [7, 11) is 0. The minimum absolute atomic E-state index is 0.150. The van der Waals surface area contributed by atoms with Crippen molar-refractivity contribution >= 4 is 23.0 Å². The first-order chi connectivity index (χ1) is 5.11. The Balaban J connectivity index is 2.99. The van der Waals surface area contributed by atoms with Gasteiger partial charge in [-0.15, -0.1) is 11.3 Å². The lowest BCUT2D eigenvalue weighted by atomic mass is 10.4. The van der Waals surface area contributed by atoms with Crippen LogP contribution in [0.25, 0.3) is 0 Å². The monoisotopic (exact) mass is 170 g/mol. The molecule has 0 atom stereocenters. The first-order valence-electron chi connectivity index (χ1n) is 2.87. The van der Waals surface area contributed by atoms with Crippen molar-refractivity contribution in [1.29, 1.82) is 0 Å². The highest BCUT2D eigenvalue weighted by atomic mass is 32.1. The molecule has 0 saturated heterocycles. The average Bonchev–Trinajstić information content (AvgIpc) is 2.33. The van der Waals surface area contributed by atoms with Gasteiger partial charge in [-0.1, -0.05) is 0 Å². The third kappa shape index (κ3) is 1.62. The molecule has 0 aliphatic heterocycles. The fourth-order valence-electron chi connectivity index (χ4n) is 0.549. The summed E-state index contributed by atoms with van der Waals surface area (Å²) in [4.78, 5) is 24.9. The lowest BCUT2D eigenvalue weighted by molar-refractivity contribution is 0.0996. The zero-order valence-electron chi connectivity index (χ0n) is 5.83. The fourth-order valence-corrected chi connectivity index (χ4v) is 1.26. The van der Waals surface area contributed by atoms with E-state index in [0.29, 0.717) is 5.01 Å². The molecule has 1 rings (SSSR count). The maximum absolute atomic E-state index is 10.7. The summed E-state index contributed by atoms with van der Waals surface area (Å²) in [6.07, 6.45) is 0. The van der Waals surface area contributed by atoms with Gasteiger partial charge in [0.15, 0.2) is 10.8 Å².